The number of aliphatic hydroxyl groups excluding tert-OH is 1. The minimum absolute atomic E-state index is 0.143. The summed E-state index contributed by atoms with van der Waals surface area (Å²) in [5.41, 5.74) is 0.909. The molecule has 0 unspecified atom stereocenters. The summed E-state index contributed by atoms with van der Waals surface area (Å²) in [4.78, 5) is 24.5. The van der Waals surface area contributed by atoms with Crippen LogP contribution in [0, 0.1) is 0 Å². The summed E-state index contributed by atoms with van der Waals surface area (Å²) in [5.74, 6) is -0.516. The standard InChI is InChI=1S/C18H13NO5/c20-16-11-3-1-2-4-12(11)17(21)18(22)15(16)19-10-5-6-13-14(9-10)24-8-7-23-13/h1-6,9,19-20H,7-8H2. The molecule has 0 atom stereocenters. The largest absolute Gasteiger partial charge is 0.505 e. The van der Waals surface area contributed by atoms with Crippen LogP contribution in [0.4, 0.5) is 5.69 Å². The Hall–Kier alpha value is -3.28. The van der Waals surface area contributed by atoms with Crippen LogP contribution >= 0.6 is 0 Å². The molecule has 1 aliphatic heterocycles. The number of carbonyl (C=O) groups excluding carboxylic acids is 2. The van der Waals surface area contributed by atoms with Gasteiger partial charge < -0.3 is 19.9 Å². The van der Waals surface area contributed by atoms with E-state index in [4.69, 9.17) is 9.47 Å². The molecule has 4 rings (SSSR count). The van der Waals surface area contributed by atoms with E-state index in [0.717, 1.165) is 0 Å². The van der Waals surface area contributed by atoms with Gasteiger partial charge in [0.15, 0.2) is 17.3 Å². The molecule has 0 saturated heterocycles. The Kier molecular flexibility index (Phi) is 3.23. The molecule has 1 aliphatic carbocycles. The van der Waals surface area contributed by atoms with Crippen LogP contribution in [0.25, 0.3) is 5.76 Å². The van der Waals surface area contributed by atoms with Gasteiger partial charge >= 0.3 is 0 Å². The van der Waals surface area contributed by atoms with E-state index in [2.05, 4.69) is 5.32 Å². The van der Waals surface area contributed by atoms with Gasteiger partial charge in [0.1, 0.15) is 18.9 Å². The second-order valence-electron chi connectivity index (χ2n) is 5.41. The van der Waals surface area contributed by atoms with E-state index in [1.807, 2.05) is 0 Å². The number of hydrogen-bond donors (Lipinski definition) is 2. The zero-order chi connectivity index (χ0) is 16.7. The molecule has 0 saturated carbocycles. The quantitative estimate of drug-likeness (QED) is 0.826. The SMILES string of the molecule is O=C1C(=O)c2ccccc2C(O)=C1Nc1ccc2c(c1)OCCO2. The molecule has 1 heterocycles. The maximum Gasteiger partial charge on any atom is 0.253 e. The van der Waals surface area contributed by atoms with Gasteiger partial charge in [-0.2, -0.15) is 0 Å². The van der Waals surface area contributed by atoms with Crippen molar-refractivity contribution >= 4 is 23.0 Å². The average Bonchev–Trinajstić information content (AvgIpc) is 2.63. The maximum absolute atomic E-state index is 12.3. The normalized spacial score (nSPS) is 16.0. The number of aliphatic hydroxyl groups is 1. The predicted molar refractivity (Wildman–Crippen MR) is 86.4 cm³/mol. The van der Waals surface area contributed by atoms with E-state index in [9.17, 15) is 14.7 Å². The summed E-state index contributed by atoms with van der Waals surface area (Å²) in [5, 5.41) is 13.2. The molecule has 0 fully saturated rings. The number of rotatable bonds is 2. The van der Waals surface area contributed by atoms with Gasteiger partial charge in [0, 0.05) is 22.9 Å². The van der Waals surface area contributed by atoms with Crippen molar-refractivity contribution < 1.29 is 24.2 Å². The van der Waals surface area contributed by atoms with E-state index in [1.165, 1.54) is 6.07 Å². The van der Waals surface area contributed by atoms with E-state index in [1.54, 1.807) is 36.4 Å². The van der Waals surface area contributed by atoms with Crippen molar-refractivity contribution in [2.75, 3.05) is 18.5 Å². The molecule has 0 radical (unpaired) electrons. The molecular formula is C18H13NO5. The highest BCUT2D eigenvalue weighted by Gasteiger charge is 2.33. The fourth-order valence-electron chi connectivity index (χ4n) is 2.75. The molecule has 2 aromatic carbocycles. The van der Waals surface area contributed by atoms with Crippen molar-refractivity contribution in [2.45, 2.75) is 0 Å². The third kappa shape index (κ3) is 2.20. The number of benzene rings is 2. The molecular weight excluding hydrogens is 310 g/mol. The fourth-order valence-corrected chi connectivity index (χ4v) is 2.75. The Labute approximate surface area is 137 Å². The van der Waals surface area contributed by atoms with Gasteiger partial charge in [0.2, 0.25) is 5.78 Å². The maximum atomic E-state index is 12.3. The highest BCUT2D eigenvalue weighted by atomic mass is 16.6. The second kappa shape index (κ2) is 5.42. The van der Waals surface area contributed by atoms with Crippen LogP contribution in [-0.4, -0.2) is 29.9 Å². The first-order valence-corrected chi connectivity index (χ1v) is 7.43. The molecule has 0 bridgehead atoms. The highest BCUT2D eigenvalue weighted by Crippen LogP contribution is 2.34. The van der Waals surface area contributed by atoms with Gasteiger partial charge in [-0.1, -0.05) is 24.3 Å². The van der Waals surface area contributed by atoms with Crippen molar-refractivity contribution in [3.05, 3.63) is 59.3 Å². The molecule has 6 nitrogen and oxygen atoms in total. The Balaban J connectivity index is 1.74. The second-order valence-corrected chi connectivity index (χ2v) is 5.41. The van der Waals surface area contributed by atoms with Crippen molar-refractivity contribution in [1.29, 1.82) is 0 Å². The molecule has 0 aromatic heterocycles. The topological polar surface area (TPSA) is 84.9 Å². The van der Waals surface area contributed by atoms with Crippen LogP contribution in [-0.2, 0) is 4.79 Å². The summed E-state index contributed by atoms with van der Waals surface area (Å²) in [7, 11) is 0. The van der Waals surface area contributed by atoms with Crippen LogP contribution in [0.1, 0.15) is 15.9 Å². The molecule has 6 heteroatoms. The number of ketones is 2. The zero-order valence-electron chi connectivity index (χ0n) is 12.5. The first-order valence-electron chi connectivity index (χ1n) is 7.43. The molecule has 0 amide bonds. The van der Waals surface area contributed by atoms with Crippen LogP contribution in [0.15, 0.2) is 48.2 Å². The van der Waals surface area contributed by atoms with Crippen LogP contribution in [0.2, 0.25) is 0 Å². The van der Waals surface area contributed by atoms with E-state index >= 15 is 0 Å². The Morgan fingerprint density at radius 1 is 0.875 bits per heavy atom. The third-order valence-corrected chi connectivity index (χ3v) is 3.91. The van der Waals surface area contributed by atoms with Crippen LogP contribution in [0.3, 0.4) is 0 Å². The zero-order valence-corrected chi connectivity index (χ0v) is 12.5. The fraction of sp³-hybridized carbons (Fsp3) is 0.111. The number of ether oxygens (including phenoxy) is 2. The van der Waals surface area contributed by atoms with Crippen LogP contribution < -0.4 is 14.8 Å². The first kappa shape index (κ1) is 14.3. The van der Waals surface area contributed by atoms with Gasteiger partial charge in [0.05, 0.1) is 0 Å². The third-order valence-electron chi connectivity index (χ3n) is 3.91. The number of carbonyl (C=O) groups is 2. The van der Waals surface area contributed by atoms with Gasteiger partial charge in [0.25, 0.3) is 5.78 Å². The lowest BCUT2D eigenvalue weighted by Crippen LogP contribution is -2.27. The summed E-state index contributed by atoms with van der Waals surface area (Å²) in [6, 6.07) is 11.5. The lowest BCUT2D eigenvalue weighted by molar-refractivity contribution is -0.111. The van der Waals surface area contributed by atoms with E-state index in [-0.39, 0.29) is 17.0 Å². The predicted octanol–water partition coefficient (Wildman–Crippen LogP) is 2.56. The number of hydrogen-bond acceptors (Lipinski definition) is 6. The first-order chi connectivity index (χ1) is 11.6. The molecule has 2 aromatic rings. The summed E-state index contributed by atoms with van der Waals surface area (Å²) < 4.78 is 10.9. The van der Waals surface area contributed by atoms with Gasteiger partial charge in [-0.15, -0.1) is 0 Å². The monoisotopic (exact) mass is 323 g/mol. The molecule has 2 N–H and O–H groups in total. The van der Waals surface area contributed by atoms with Gasteiger partial charge in [-0.05, 0) is 12.1 Å². The van der Waals surface area contributed by atoms with Gasteiger partial charge in [-0.3, -0.25) is 9.59 Å². The van der Waals surface area contributed by atoms with Crippen molar-refractivity contribution in [3.63, 3.8) is 0 Å². The molecule has 2 aliphatic rings. The Morgan fingerprint density at radius 3 is 2.38 bits per heavy atom. The minimum atomic E-state index is -0.777. The Bertz CT molecular complexity index is 900. The summed E-state index contributed by atoms with van der Waals surface area (Å²) >= 11 is 0. The molecule has 24 heavy (non-hydrogen) atoms. The number of allylic oxidation sites excluding steroid dienone is 1. The average molecular weight is 323 g/mol. The van der Waals surface area contributed by atoms with Crippen molar-refractivity contribution in [1.82, 2.24) is 0 Å². The van der Waals surface area contributed by atoms with Crippen LogP contribution in [0.5, 0.6) is 11.5 Å². The van der Waals surface area contributed by atoms with E-state index in [0.29, 0.717) is 36.0 Å². The number of nitrogens with one attached hydrogen (secondary N) is 1. The lowest BCUT2D eigenvalue weighted by atomic mass is 9.91. The number of anilines is 1. The van der Waals surface area contributed by atoms with Crippen molar-refractivity contribution in [3.8, 4) is 11.5 Å². The van der Waals surface area contributed by atoms with Gasteiger partial charge in [-0.25, -0.2) is 0 Å². The summed E-state index contributed by atoms with van der Waals surface area (Å²) in [6.07, 6.45) is 0. The van der Waals surface area contributed by atoms with Crippen molar-refractivity contribution in [2.24, 2.45) is 0 Å². The Morgan fingerprint density at radius 2 is 1.58 bits per heavy atom. The number of Topliss-reactive ketones (excluding diaryl/α,β-unsaturated/α-hetero) is 2. The molecule has 0 spiro atoms. The number of fused-ring (bicyclic) bond motifs is 2. The highest BCUT2D eigenvalue weighted by molar-refractivity contribution is 6.52. The summed E-state index contributed by atoms with van der Waals surface area (Å²) in [6.45, 7) is 0.921. The lowest BCUT2D eigenvalue weighted by Gasteiger charge is -2.21. The smallest absolute Gasteiger partial charge is 0.253 e. The molecule has 120 valence electrons. The van der Waals surface area contributed by atoms with E-state index < -0.39 is 11.6 Å². The minimum Gasteiger partial charge on any atom is -0.505 e.